The van der Waals surface area contributed by atoms with E-state index in [4.69, 9.17) is 4.74 Å². The smallest absolute Gasteiger partial charge is 0.146 e. The molecule has 6 nitrogen and oxygen atoms in total. The van der Waals surface area contributed by atoms with E-state index in [1.165, 1.54) is 6.07 Å². The number of hydrogen-bond acceptors (Lipinski definition) is 5. The molecule has 2 saturated heterocycles. The minimum atomic E-state index is -0.118. The van der Waals surface area contributed by atoms with E-state index in [1.807, 2.05) is 13.0 Å². The zero-order valence-corrected chi connectivity index (χ0v) is 16.9. The summed E-state index contributed by atoms with van der Waals surface area (Å²) in [5, 5.41) is 9.03. The number of benzene rings is 1. The van der Waals surface area contributed by atoms with E-state index in [1.54, 1.807) is 6.07 Å². The molecule has 0 radical (unpaired) electrons. The molecule has 0 spiro atoms. The second-order valence-electron chi connectivity index (χ2n) is 8.02. The van der Waals surface area contributed by atoms with Gasteiger partial charge < -0.3 is 9.30 Å². The van der Waals surface area contributed by atoms with E-state index in [2.05, 4.69) is 31.6 Å². The minimum absolute atomic E-state index is 0.118. The molecule has 0 bridgehead atoms. The van der Waals surface area contributed by atoms with Gasteiger partial charge in [-0.2, -0.15) is 0 Å². The number of rotatable bonds is 5. The summed E-state index contributed by atoms with van der Waals surface area (Å²) in [6, 6.07) is 5.37. The van der Waals surface area contributed by atoms with Crippen molar-refractivity contribution in [2.45, 2.75) is 38.8 Å². The summed E-state index contributed by atoms with van der Waals surface area (Å²) in [6.07, 6.45) is 2.26. The third-order valence-electron chi connectivity index (χ3n) is 6.11. The molecule has 0 saturated carbocycles. The van der Waals surface area contributed by atoms with Crippen molar-refractivity contribution in [3.8, 4) is 0 Å². The normalized spacial score (nSPS) is 21.9. The Morgan fingerprint density at radius 2 is 1.93 bits per heavy atom. The van der Waals surface area contributed by atoms with Gasteiger partial charge in [0.05, 0.1) is 19.8 Å². The molecule has 1 aromatic heterocycles. The summed E-state index contributed by atoms with van der Waals surface area (Å²) in [5.41, 5.74) is 1.84. The highest BCUT2D eigenvalue weighted by atomic mass is 19.1. The fourth-order valence-electron chi connectivity index (χ4n) is 4.30. The summed E-state index contributed by atoms with van der Waals surface area (Å²) in [4.78, 5) is 4.80. The third-order valence-corrected chi connectivity index (χ3v) is 6.11. The first-order valence-electron chi connectivity index (χ1n) is 10.3. The summed E-state index contributed by atoms with van der Waals surface area (Å²) >= 11 is 0. The number of aromatic nitrogens is 3. The molecule has 2 aliphatic heterocycles. The quantitative estimate of drug-likeness (QED) is 0.789. The lowest BCUT2D eigenvalue weighted by molar-refractivity contribution is 0.0326. The largest absolute Gasteiger partial charge is 0.379 e. The Kier molecular flexibility index (Phi) is 6.04. The van der Waals surface area contributed by atoms with Gasteiger partial charge in [-0.15, -0.1) is 10.2 Å². The van der Waals surface area contributed by atoms with Crippen LogP contribution in [0.5, 0.6) is 0 Å². The number of nitrogens with zero attached hydrogens (tertiary/aromatic N) is 5. The van der Waals surface area contributed by atoms with Crippen LogP contribution in [0.15, 0.2) is 18.2 Å². The van der Waals surface area contributed by atoms with Crippen LogP contribution >= 0.6 is 0 Å². The number of piperidine rings is 1. The molecule has 0 amide bonds. The molecule has 0 N–H and O–H groups in total. The number of hydrogen-bond donors (Lipinski definition) is 0. The van der Waals surface area contributed by atoms with Crippen LogP contribution in [0.4, 0.5) is 4.39 Å². The molecular weight excluding hydrogens is 357 g/mol. The van der Waals surface area contributed by atoms with Gasteiger partial charge >= 0.3 is 0 Å². The zero-order chi connectivity index (χ0) is 19.5. The summed E-state index contributed by atoms with van der Waals surface area (Å²) < 4.78 is 21.5. The van der Waals surface area contributed by atoms with Crippen LogP contribution in [0.3, 0.4) is 0 Å². The monoisotopic (exact) mass is 387 g/mol. The number of ether oxygens (including phenoxy) is 1. The average Bonchev–Trinajstić information content (AvgIpc) is 3.07. The van der Waals surface area contributed by atoms with E-state index in [9.17, 15) is 4.39 Å². The van der Waals surface area contributed by atoms with Gasteiger partial charge in [-0.1, -0.05) is 12.1 Å². The van der Waals surface area contributed by atoms with Crippen LogP contribution in [0.1, 0.15) is 41.5 Å². The van der Waals surface area contributed by atoms with Crippen molar-refractivity contribution >= 4 is 0 Å². The molecule has 1 atom stereocenters. The molecule has 4 rings (SSSR count). The number of halogens is 1. The SMILES string of the molecule is Cc1c(F)cccc1CN1CCC[C@H](c2nnc(CN3CCOCC3)n2C)C1. The maximum Gasteiger partial charge on any atom is 0.146 e. The van der Waals surface area contributed by atoms with E-state index in [0.29, 0.717) is 5.92 Å². The summed E-state index contributed by atoms with van der Waals surface area (Å²) in [6.45, 7) is 8.96. The Morgan fingerprint density at radius 1 is 1.11 bits per heavy atom. The molecule has 0 aliphatic carbocycles. The first kappa shape index (κ1) is 19.5. The van der Waals surface area contributed by atoms with Gasteiger partial charge in [0, 0.05) is 39.1 Å². The first-order valence-corrected chi connectivity index (χ1v) is 10.3. The van der Waals surface area contributed by atoms with Crippen molar-refractivity contribution in [3.63, 3.8) is 0 Å². The van der Waals surface area contributed by atoms with E-state index >= 15 is 0 Å². The van der Waals surface area contributed by atoms with Gasteiger partial charge in [-0.3, -0.25) is 9.80 Å². The second kappa shape index (κ2) is 8.68. The van der Waals surface area contributed by atoms with Crippen molar-refractivity contribution in [1.29, 1.82) is 0 Å². The lowest BCUT2D eigenvalue weighted by Crippen LogP contribution is -2.36. The molecule has 2 aromatic rings. The predicted octanol–water partition coefficient (Wildman–Crippen LogP) is 2.47. The van der Waals surface area contributed by atoms with Crippen LogP contribution in [0, 0.1) is 12.7 Å². The highest BCUT2D eigenvalue weighted by Crippen LogP contribution is 2.27. The van der Waals surface area contributed by atoms with E-state index in [-0.39, 0.29) is 5.82 Å². The second-order valence-corrected chi connectivity index (χ2v) is 8.02. The Morgan fingerprint density at radius 3 is 2.75 bits per heavy atom. The lowest BCUT2D eigenvalue weighted by Gasteiger charge is -2.32. The van der Waals surface area contributed by atoms with Crippen molar-refractivity contribution < 1.29 is 9.13 Å². The molecule has 1 aromatic carbocycles. The molecule has 28 heavy (non-hydrogen) atoms. The van der Waals surface area contributed by atoms with Crippen molar-refractivity contribution in [1.82, 2.24) is 24.6 Å². The maximum atomic E-state index is 13.9. The predicted molar refractivity (Wildman–Crippen MR) is 105 cm³/mol. The molecule has 0 unspecified atom stereocenters. The van der Waals surface area contributed by atoms with Gasteiger partial charge in [0.1, 0.15) is 17.5 Å². The molecular formula is C21H30FN5O. The van der Waals surface area contributed by atoms with E-state index < -0.39 is 0 Å². The third kappa shape index (κ3) is 4.26. The maximum absolute atomic E-state index is 13.9. The minimum Gasteiger partial charge on any atom is -0.379 e. The Balaban J connectivity index is 1.42. The van der Waals surface area contributed by atoms with Gasteiger partial charge in [0.15, 0.2) is 0 Å². The fourth-order valence-corrected chi connectivity index (χ4v) is 4.30. The first-order chi connectivity index (χ1) is 13.6. The average molecular weight is 388 g/mol. The van der Waals surface area contributed by atoms with Gasteiger partial charge in [-0.05, 0) is 43.5 Å². The molecule has 3 heterocycles. The van der Waals surface area contributed by atoms with Gasteiger partial charge in [0.25, 0.3) is 0 Å². The van der Waals surface area contributed by atoms with Crippen LogP contribution < -0.4 is 0 Å². The topological polar surface area (TPSA) is 46.4 Å². The highest BCUT2D eigenvalue weighted by Gasteiger charge is 2.27. The molecule has 2 aliphatic rings. The van der Waals surface area contributed by atoms with Gasteiger partial charge in [0.2, 0.25) is 0 Å². The molecule has 7 heteroatoms. The van der Waals surface area contributed by atoms with E-state index in [0.717, 1.165) is 88.1 Å². The molecule has 2 fully saturated rings. The Bertz CT molecular complexity index is 802. The highest BCUT2D eigenvalue weighted by molar-refractivity contribution is 5.27. The molecule has 152 valence electrons. The summed E-state index contributed by atoms with van der Waals surface area (Å²) in [7, 11) is 2.08. The standard InChI is InChI=1S/C21H30FN5O/c1-16-17(5-3-7-19(16)22)13-27-8-4-6-18(14-27)21-24-23-20(25(21)2)15-26-9-11-28-12-10-26/h3,5,7,18H,4,6,8-15H2,1-2H3/t18-/m0/s1. The number of morpholine rings is 1. The van der Waals surface area contributed by atoms with Crippen LogP contribution in [-0.2, 0) is 24.9 Å². The summed E-state index contributed by atoms with van der Waals surface area (Å²) in [5.74, 6) is 2.35. The van der Waals surface area contributed by atoms with Crippen molar-refractivity contribution in [3.05, 3.63) is 46.8 Å². The Hall–Kier alpha value is -1.83. The van der Waals surface area contributed by atoms with Crippen LogP contribution in [0.25, 0.3) is 0 Å². The van der Waals surface area contributed by atoms with Gasteiger partial charge in [-0.25, -0.2) is 4.39 Å². The van der Waals surface area contributed by atoms with Crippen molar-refractivity contribution in [2.75, 3.05) is 39.4 Å². The van der Waals surface area contributed by atoms with Crippen LogP contribution in [0.2, 0.25) is 0 Å². The lowest BCUT2D eigenvalue weighted by atomic mass is 9.96. The van der Waals surface area contributed by atoms with Crippen molar-refractivity contribution in [2.24, 2.45) is 7.05 Å². The van der Waals surface area contributed by atoms with Crippen LogP contribution in [-0.4, -0.2) is 64.0 Å². The Labute approximate surface area is 166 Å². The zero-order valence-electron chi connectivity index (χ0n) is 16.9. The fraction of sp³-hybridized carbons (Fsp3) is 0.619. The number of likely N-dealkylation sites (tertiary alicyclic amines) is 1.